The number of amides is 1. The van der Waals surface area contributed by atoms with Crippen LogP contribution in [0.1, 0.15) is 24.2 Å². The summed E-state index contributed by atoms with van der Waals surface area (Å²) in [6.45, 7) is 3.70. The van der Waals surface area contributed by atoms with Gasteiger partial charge in [-0.15, -0.1) is 0 Å². The van der Waals surface area contributed by atoms with Gasteiger partial charge in [0, 0.05) is 12.4 Å². The number of halogens is 1. The van der Waals surface area contributed by atoms with Gasteiger partial charge in [0.05, 0.1) is 11.7 Å². The maximum atomic E-state index is 12.1. The average Bonchev–Trinajstić information content (AvgIpc) is 2.43. The molecule has 0 fully saturated rings. The molecule has 0 aliphatic carbocycles. The molecule has 110 valence electrons. The predicted molar refractivity (Wildman–Crippen MR) is 78.9 cm³/mol. The number of carbonyl (C=O) groups is 1. The number of rotatable bonds is 4. The molecule has 0 saturated carbocycles. The van der Waals surface area contributed by atoms with Gasteiger partial charge in [0.2, 0.25) is 5.88 Å². The first-order chi connectivity index (χ1) is 9.97. The highest BCUT2D eigenvalue weighted by Gasteiger charge is 2.13. The Labute approximate surface area is 126 Å². The van der Waals surface area contributed by atoms with Crippen molar-refractivity contribution < 1.29 is 14.6 Å². The van der Waals surface area contributed by atoms with Gasteiger partial charge in [0.25, 0.3) is 5.91 Å². The Kier molecular flexibility index (Phi) is 4.59. The van der Waals surface area contributed by atoms with E-state index in [1.165, 1.54) is 24.5 Å². The number of hydrogen-bond acceptors (Lipinski definition) is 5. The van der Waals surface area contributed by atoms with Crippen molar-refractivity contribution in [2.45, 2.75) is 20.0 Å². The van der Waals surface area contributed by atoms with Crippen molar-refractivity contribution >= 4 is 23.3 Å². The molecule has 2 rings (SSSR count). The summed E-state index contributed by atoms with van der Waals surface area (Å²) in [6, 6.07) is 4.43. The van der Waals surface area contributed by atoms with Crippen molar-refractivity contribution in [3.05, 3.63) is 41.2 Å². The Morgan fingerprint density at radius 1 is 1.43 bits per heavy atom. The molecule has 0 atom stereocenters. The molecule has 7 heteroatoms. The van der Waals surface area contributed by atoms with Gasteiger partial charge in [-0.1, -0.05) is 11.6 Å². The number of aromatic hydroxyl groups is 1. The maximum Gasteiger partial charge on any atom is 0.258 e. The summed E-state index contributed by atoms with van der Waals surface area (Å²) in [5.41, 5.74) is 0.237. The van der Waals surface area contributed by atoms with E-state index in [9.17, 15) is 9.90 Å². The third-order valence-electron chi connectivity index (χ3n) is 2.44. The molecular weight excluding hydrogens is 294 g/mol. The fraction of sp³-hybridized carbons (Fsp3) is 0.214. The van der Waals surface area contributed by atoms with E-state index >= 15 is 0 Å². The summed E-state index contributed by atoms with van der Waals surface area (Å²) in [7, 11) is 0. The summed E-state index contributed by atoms with van der Waals surface area (Å²) in [5.74, 6) is -0.260. The van der Waals surface area contributed by atoms with Crippen LogP contribution in [0.4, 0.5) is 5.82 Å². The fourth-order valence-electron chi connectivity index (χ4n) is 1.53. The zero-order valence-electron chi connectivity index (χ0n) is 11.5. The Morgan fingerprint density at radius 2 is 2.19 bits per heavy atom. The van der Waals surface area contributed by atoms with Gasteiger partial charge in [0.15, 0.2) is 11.6 Å². The van der Waals surface area contributed by atoms with Crippen LogP contribution in [0.2, 0.25) is 5.02 Å². The number of pyridine rings is 2. The molecule has 0 unspecified atom stereocenters. The number of ether oxygens (including phenoxy) is 1. The highest BCUT2D eigenvalue weighted by atomic mass is 35.5. The molecule has 2 heterocycles. The van der Waals surface area contributed by atoms with Crippen molar-refractivity contribution in [1.29, 1.82) is 0 Å². The lowest BCUT2D eigenvalue weighted by Crippen LogP contribution is -2.14. The van der Waals surface area contributed by atoms with Crippen molar-refractivity contribution in [2.24, 2.45) is 0 Å². The molecule has 0 aliphatic heterocycles. The molecule has 0 radical (unpaired) electrons. The van der Waals surface area contributed by atoms with E-state index in [0.29, 0.717) is 0 Å². The molecule has 2 aromatic heterocycles. The summed E-state index contributed by atoms with van der Waals surface area (Å²) < 4.78 is 5.39. The van der Waals surface area contributed by atoms with E-state index in [4.69, 9.17) is 16.3 Å². The van der Waals surface area contributed by atoms with Crippen LogP contribution in [-0.4, -0.2) is 27.1 Å². The number of nitrogens with one attached hydrogen (secondary N) is 1. The van der Waals surface area contributed by atoms with Crippen LogP contribution >= 0.6 is 11.6 Å². The number of anilines is 1. The first-order valence-electron chi connectivity index (χ1n) is 6.25. The minimum Gasteiger partial charge on any atom is -0.504 e. The van der Waals surface area contributed by atoms with Crippen molar-refractivity contribution in [3.63, 3.8) is 0 Å². The quantitative estimate of drug-likeness (QED) is 0.907. The molecular formula is C14H14ClN3O3. The molecule has 0 bridgehead atoms. The van der Waals surface area contributed by atoms with Crippen LogP contribution in [0.5, 0.6) is 11.6 Å². The smallest absolute Gasteiger partial charge is 0.258 e. The zero-order valence-corrected chi connectivity index (χ0v) is 12.3. The van der Waals surface area contributed by atoms with Crippen molar-refractivity contribution in [1.82, 2.24) is 9.97 Å². The van der Waals surface area contributed by atoms with E-state index < -0.39 is 5.91 Å². The average molecular weight is 308 g/mol. The third-order valence-corrected chi connectivity index (χ3v) is 2.71. The molecule has 2 aromatic rings. The second-order valence-corrected chi connectivity index (χ2v) is 4.91. The summed E-state index contributed by atoms with van der Waals surface area (Å²) in [5, 5.41) is 12.3. The molecule has 0 saturated heterocycles. The van der Waals surface area contributed by atoms with Gasteiger partial charge in [0.1, 0.15) is 5.02 Å². The second-order valence-electron chi connectivity index (χ2n) is 4.50. The summed E-state index contributed by atoms with van der Waals surface area (Å²) in [4.78, 5) is 19.9. The normalized spacial score (nSPS) is 10.5. The SMILES string of the molecule is CC(C)Oc1ncc(C(=O)Nc2ncccc2O)cc1Cl. The van der Waals surface area contributed by atoms with Crippen molar-refractivity contribution in [3.8, 4) is 11.6 Å². The summed E-state index contributed by atoms with van der Waals surface area (Å²) >= 11 is 6.02. The molecule has 0 spiro atoms. The lowest BCUT2D eigenvalue weighted by molar-refractivity contribution is 0.102. The first-order valence-corrected chi connectivity index (χ1v) is 6.62. The van der Waals surface area contributed by atoms with E-state index in [2.05, 4.69) is 15.3 Å². The van der Waals surface area contributed by atoms with E-state index in [0.717, 1.165) is 0 Å². The third kappa shape index (κ3) is 3.82. The first kappa shape index (κ1) is 15.1. The number of carbonyl (C=O) groups excluding carboxylic acids is 1. The molecule has 6 nitrogen and oxygen atoms in total. The Balaban J connectivity index is 2.17. The molecule has 21 heavy (non-hydrogen) atoms. The van der Waals surface area contributed by atoms with Crippen LogP contribution < -0.4 is 10.1 Å². The van der Waals surface area contributed by atoms with Gasteiger partial charge < -0.3 is 15.2 Å². The Hall–Kier alpha value is -2.34. The van der Waals surface area contributed by atoms with Gasteiger partial charge >= 0.3 is 0 Å². The van der Waals surface area contributed by atoms with Crippen LogP contribution in [-0.2, 0) is 0 Å². The summed E-state index contributed by atoms with van der Waals surface area (Å²) in [6.07, 6.45) is 2.74. The number of hydrogen-bond donors (Lipinski definition) is 2. The highest BCUT2D eigenvalue weighted by molar-refractivity contribution is 6.32. The lowest BCUT2D eigenvalue weighted by Gasteiger charge is -2.11. The van der Waals surface area contributed by atoms with E-state index in [1.807, 2.05) is 13.8 Å². The number of nitrogens with zero attached hydrogens (tertiary/aromatic N) is 2. The van der Waals surface area contributed by atoms with Gasteiger partial charge in [-0.25, -0.2) is 9.97 Å². The van der Waals surface area contributed by atoms with Crippen LogP contribution in [0.15, 0.2) is 30.6 Å². The number of aromatic nitrogens is 2. The Bertz CT molecular complexity index is 662. The van der Waals surface area contributed by atoms with E-state index in [1.54, 1.807) is 6.07 Å². The molecule has 1 amide bonds. The van der Waals surface area contributed by atoms with E-state index in [-0.39, 0.29) is 34.1 Å². The van der Waals surface area contributed by atoms with Gasteiger partial charge in [-0.3, -0.25) is 4.79 Å². The van der Waals surface area contributed by atoms with Crippen molar-refractivity contribution in [2.75, 3.05) is 5.32 Å². The topological polar surface area (TPSA) is 84.3 Å². The maximum absolute atomic E-state index is 12.1. The van der Waals surface area contributed by atoms with Crippen LogP contribution in [0.25, 0.3) is 0 Å². The monoisotopic (exact) mass is 307 g/mol. The Morgan fingerprint density at radius 3 is 2.81 bits per heavy atom. The minimum absolute atomic E-state index is 0.0693. The standard InChI is InChI=1S/C14H14ClN3O3/c1-8(2)21-14-10(15)6-9(7-17-14)13(20)18-12-11(19)4-3-5-16-12/h3-8,19H,1-2H3,(H,16,18,20). The zero-order chi connectivity index (χ0) is 15.4. The van der Waals surface area contributed by atoms with Crippen LogP contribution in [0.3, 0.4) is 0 Å². The predicted octanol–water partition coefficient (Wildman–Crippen LogP) is 2.88. The van der Waals surface area contributed by atoms with Gasteiger partial charge in [-0.05, 0) is 32.0 Å². The highest BCUT2D eigenvalue weighted by Crippen LogP contribution is 2.24. The molecule has 0 aromatic carbocycles. The fourth-order valence-corrected chi connectivity index (χ4v) is 1.74. The molecule has 0 aliphatic rings. The van der Waals surface area contributed by atoms with Crippen LogP contribution in [0, 0.1) is 0 Å². The minimum atomic E-state index is -0.477. The second kappa shape index (κ2) is 6.41. The largest absolute Gasteiger partial charge is 0.504 e. The molecule has 2 N–H and O–H groups in total. The lowest BCUT2D eigenvalue weighted by atomic mass is 10.2. The van der Waals surface area contributed by atoms with Gasteiger partial charge in [-0.2, -0.15) is 0 Å².